The fourth-order valence-electron chi connectivity index (χ4n) is 1.65. The van der Waals surface area contributed by atoms with Gasteiger partial charge in [0.15, 0.2) is 14.8 Å². The Hall–Kier alpha value is -0.286. The third-order valence-corrected chi connectivity index (χ3v) is 7.79. The van der Waals surface area contributed by atoms with Crippen LogP contribution in [0.1, 0.15) is 11.1 Å². The van der Waals surface area contributed by atoms with Crippen LogP contribution in [0.25, 0.3) is 10.4 Å². The maximum absolute atomic E-state index is 6.50. The van der Waals surface area contributed by atoms with Crippen LogP contribution in [-0.2, 0) is 0 Å². The topological polar surface area (TPSA) is 0 Å². The van der Waals surface area contributed by atoms with Crippen molar-refractivity contribution >= 4 is 47.3 Å². The first-order chi connectivity index (χ1) is 8.05. The molecule has 0 aliphatic heterocycles. The molecule has 0 heterocycles. The SMILES string of the molecule is C=C(c1ccccc1C(=C)[Si](C)(C)Cl)[Si](C)(C)Cl. The van der Waals surface area contributed by atoms with Crippen molar-refractivity contribution in [3.63, 3.8) is 0 Å². The Morgan fingerprint density at radius 3 is 1.33 bits per heavy atom. The van der Waals surface area contributed by atoms with Gasteiger partial charge < -0.3 is 0 Å². The average Bonchev–Trinajstić information content (AvgIpc) is 2.24. The van der Waals surface area contributed by atoms with Gasteiger partial charge in [-0.05, 0) is 21.5 Å². The average molecular weight is 315 g/mol. The van der Waals surface area contributed by atoms with Gasteiger partial charge in [0, 0.05) is 0 Å². The number of hydrogen-bond acceptors (Lipinski definition) is 0. The van der Waals surface area contributed by atoms with Crippen LogP contribution < -0.4 is 0 Å². The van der Waals surface area contributed by atoms with E-state index in [2.05, 4.69) is 51.5 Å². The van der Waals surface area contributed by atoms with Crippen molar-refractivity contribution in [2.24, 2.45) is 0 Å². The van der Waals surface area contributed by atoms with Crippen LogP contribution >= 0.6 is 22.2 Å². The zero-order valence-corrected chi connectivity index (χ0v) is 15.0. The maximum atomic E-state index is 6.50. The summed E-state index contributed by atoms with van der Waals surface area (Å²) in [5.74, 6) is 0. The minimum absolute atomic E-state index is 1.04. The monoisotopic (exact) mass is 314 g/mol. The van der Waals surface area contributed by atoms with Crippen LogP contribution in [0.5, 0.6) is 0 Å². The Balaban J connectivity index is 3.33. The fourth-order valence-corrected chi connectivity index (χ4v) is 3.98. The van der Waals surface area contributed by atoms with Crippen molar-refractivity contribution in [1.29, 1.82) is 0 Å². The summed E-state index contributed by atoms with van der Waals surface area (Å²) in [7, 11) is -3.86. The Labute approximate surface area is 122 Å². The van der Waals surface area contributed by atoms with Crippen molar-refractivity contribution < 1.29 is 0 Å². The van der Waals surface area contributed by atoms with Crippen LogP contribution in [0.15, 0.2) is 37.4 Å². The second-order valence-corrected chi connectivity index (χ2v) is 18.2. The molecule has 0 aromatic heterocycles. The van der Waals surface area contributed by atoms with Crippen molar-refractivity contribution in [2.45, 2.75) is 26.2 Å². The van der Waals surface area contributed by atoms with Crippen LogP contribution in [0.3, 0.4) is 0 Å². The normalized spacial score (nSPS) is 12.3. The van der Waals surface area contributed by atoms with Crippen LogP contribution in [0.2, 0.25) is 26.2 Å². The largest absolute Gasteiger partial charge is 0.180 e. The molecule has 0 fully saturated rings. The van der Waals surface area contributed by atoms with Crippen molar-refractivity contribution in [3.05, 3.63) is 48.6 Å². The molecule has 0 saturated heterocycles. The minimum atomic E-state index is -1.93. The van der Waals surface area contributed by atoms with E-state index in [4.69, 9.17) is 22.2 Å². The third-order valence-electron chi connectivity index (χ3n) is 3.01. The van der Waals surface area contributed by atoms with Gasteiger partial charge in [-0.3, -0.25) is 0 Å². The molecule has 0 bridgehead atoms. The highest BCUT2D eigenvalue weighted by Crippen LogP contribution is 2.35. The quantitative estimate of drug-likeness (QED) is 0.495. The Morgan fingerprint density at radius 1 is 0.833 bits per heavy atom. The maximum Gasteiger partial charge on any atom is 0.180 e. The lowest BCUT2D eigenvalue weighted by molar-refractivity contribution is 1.58. The molecule has 0 nitrogen and oxygen atoms in total. The molecule has 1 rings (SSSR count). The standard InChI is InChI=1S/C14H20Cl2Si2/c1-11(17(3,4)15)13-9-7-8-10-14(13)12(2)18(5,6)16/h7-10H,1-2H2,3-6H3. The van der Waals surface area contributed by atoms with Gasteiger partial charge in [-0.2, -0.15) is 22.2 Å². The van der Waals surface area contributed by atoms with E-state index in [1.807, 2.05) is 12.1 Å². The van der Waals surface area contributed by atoms with Crippen molar-refractivity contribution in [3.8, 4) is 0 Å². The molecular formula is C14H20Cl2Si2. The molecule has 0 amide bonds. The highest BCUT2D eigenvalue weighted by molar-refractivity contribution is 7.29. The zero-order chi connectivity index (χ0) is 14.1. The summed E-state index contributed by atoms with van der Waals surface area (Å²) < 4.78 is 0. The molecule has 98 valence electrons. The lowest BCUT2D eigenvalue weighted by atomic mass is 10.1. The van der Waals surface area contributed by atoms with Gasteiger partial charge in [-0.1, -0.05) is 63.6 Å². The first kappa shape index (κ1) is 15.8. The van der Waals surface area contributed by atoms with E-state index >= 15 is 0 Å². The molecule has 0 spiro atoms. The summed E-state index contributed by atoms with van der Waals surface area (Å²) in [6.45, 7) is 16.7. The molecule has 0 N–H and O–H groups in total. The molecule has 0 atom stereocenters. The molecule has 0 unspecified atom stereocenters. The van der Waals surface area contributed by atoms with E-state index in [1.165, 1.54) is 0 Å². The van der Waals surface area contributed by atoms with Crippen molar-refractivity contribution in [2.75, 3.05) is 0 Å². The van der Waals surface area contributed by atoms with E-state index < -0.39 is 14.8 Å². The number of rotatable bonds is 4. The summed E-state index contributed by atoms with van der Waals surface area (Å²) in [5, 5.41) is 2.08. The van der Waals surface area contributed by atoms with Gasteiger partial charge >= 0.3 is 0 Å². The highest BCUT2D eigenvalue weighted by Gasteiger charge is 2.28. The van der Waals surface area contributed by atoms with Gasteiger partial charge in [-0.15, -0.1) is 0 Å². The summed E-state index contributed by atoms with van der Waals surface area (Å²) in [4.78, 5) is 0. The molecular weight excluding hydrogens is 295 g/mol. The van der Waals surface area contributed by atoms with Gasteiger partial charge in [0.1, 0.15) is 0 Å². The summed E-state index contributed by atoms with van der Waals surface area (Å²) in [6, 6.07) is 8.15. The predicted molar refractivity (Wildman–Crippen MR) is 91.2 cm³/mol. The molecule has 0 aliphatic carbocycles. The Kier molecular flexibility index (Phi) is 4.71. The van der Waals surface area contributed by atoms with Gasteiger partial charge in [0.25, 0.3) is 0 Å². The van der Waals surface area contributed by atoms with E-state index in [1.54, 1.807) is 0 Å². The predicted octanol–water partition coefficient (Wildman–Crippen LogP) is 5.68. The van der Waals surface area contributed by atoms with Crippen LogP contribution in [0, 0.1) is 0 Å². The molecule has 0 saturated carbocycles. The van der Waals surface area contributed by atoms with Gasteiger partial charge in [-0.25, -0.2) is 0 Å². The van der Waals surface area contributed by atoms with Crippen molar-refractivity contribution in [1.82, 2.24) is 0 Å². The molecule has 0 radical (unpaired) electrons. The highest BCUT2D eigenvalue weighted by atomic mass is 35.6. The molecule has 1 aromatic rings. The molecule has 4 heteroatoms. The van der Waals surface area contributed by atoms with Crippen LogP contribution in [-0.4, -0.2) is 14.8 Å². The van der Waals surface area contributed by atoms with E-state index in [9.17, 15) is 0 Å². The zero-order valence-electron chi connectivity index (χ0n) is 11.5. The third kappa shape index (κ3) is 3.61. The van der Waals surface area contributed by atoms with E-state index in [0.29, 0.717) is 0 Å². The number of benzene rings is 1. The van der Waals surface area contributed by atoms with Gasteiger partial charge in [0.2, 0.25) is 0 Å². The second-order valence-electron chi connectivity index (χ2n) is 5.45. The molecule has 0 aliphatic rings. The first-order valence-corrected chi connectivity index (χ1v) is 13.9. The fraction of sp³-hybridized carbons (Fsp3) is 0.286. The Morgan fingerprint density at radius 2 is 1.11 bits per heavy atom. The lowest BCUT2D eigenvalue weighted by Gasteiger charge is -2.24. The summed E-state index contributed by atoms with van der Waals surface area (Å²) >= 11 is 13.0. The minimum Gasteiger partial charge on any atom is -0.162 e. The molecule has 1 aromatic carbocycles. The Bertz CT molecular complexity index is 434. The first-order valence-electron chi connectivity index (χ1n) is 5.91. The number of hydrogen-bond donors (Lipinski definition) is 0. The van der Waals surface area contributed by atoms with E-state index in [0.717, 1.165) is 21.5 Å². The smallest absolute Gasteiger partial charge is 0.162 e. The molecule has 18 heavy (non-hydrogen) atoms. The second kappa shape index (κ2) is 5.37. The lowest BCUT2D eigenvalue weighted by Crippen LogP contribution is -2.23. The number of halogens is 2. The van der Waals surface area contributed by atoms with E-state index in [-0.39, 0.29) is 0 Å². The van der Waals surface area contributed by atoms with Crippen LogP contribution in [0.4, 0.5) is 0 Å². The summed E-state index contributed by atoms with van der Waals surface area (Å²) in [6.07, 6.45) is 0. The summed E-state index contributed by atoms with van der Waals surface area (Å²) in [5.41, 5.74) is 2.21. The van der Waals surface area contributed by atoms with Gasteiger partial charge in [0.05, 0.1) is 0 Å².